The molecule has 0 aliphatic heterocycles. The average molecular weight is 899 g/mol. The van der Waals surface area contributed by atoms with E-state index in [2.05, 4.69) is 9.44 Å². The lowest BCUT2D eigenvalue weighted by atomic mass is 10.0. The first-order valence-corrected chi connectivity index (χ1v) is 23.0. The van der Waals surface area contributed by atoms with E-state index in [9.17, 15) is 30.8 Å². The van der Waals surface area contributed by atoms with Crippen molar-refractivity contribution in [2.75, 3.05) is 9.44 Å². The van der Waals surface area contributed by atoms with E-state index in [1.54, 1.807) is 91.9 Å². The van der Waals surface area contributed by atoms with Crippen LogP contribution in [-0.4, -0.2) is 39.0 Å². The zero-order valence-corrected chi connectivity index (χ0v) is 35.8. The van der Waals surface area contributed by atoms with E-state index >= 15 is 0 Å². The second-order valence-electron chi connectivity index (χ2n) is 14.0. The molecule has 0 radical (unpaired) electrons. The third-order valence-electron chi connectivity index (χ3n) is 9.78. The molecule has 0 spiro atoms. The highest BCUT2D eigenvalue weighted by Gasteiger charge is 2.23. The van der Waals surface area contributed by atoms with Crippen LogP contribution in [0.25, 0.3) is 10.1 Å². The van der Waals surface area contributed by atoms with Gasteiger partial charge in [0.25, 0.3) is 20.0 Å². The maximum Gasteiger partial charge on any atom is 0.335 e. The van der Waals surface area contributed by atoms with E-state index in [0.29, 0.717) is 53.2 Å². The van der Waals surface area contributed by atoms with Crippen molar-refractivity contribution in [2.24, 2.45) is 0 Å². The molecular weight excluding hydrogens is 859 g/mol. The molecule has 7 rings (SSSR count). The maximum atomic E-state index is 13.2. The number of nitrogens with one attached hydrogen (secondary N) is 2. The van der Waals surface area contributed by atoms with Gasteiger partial charge in [-0.1, -0.05) is 84.4 Å². The van der Waals surface area contributed by atoms with Crippen LogP contribution in [-0.2, 0) is 52.4 Å². The van der Waals surface area contributed by atoms with Crippen LogP contribution in [0.5, 0.6) is 0 Å². The highest BCUT2D eigenvalue weighted by Crippen LogP contribution is 2.37. The van der Waals surface area contributed by atoms with Gasteiger partial charge < -0.3 is 10.2 Å². The molecule has 0 bridgehead atoms. The largest absolute Gasteiger partial charge is 0.478 e. The van der Waals surface area contributed by atoms with E-state index in [1.807, 2.05) is 30.3 Å². The van der Waals surface area contributed by atoms with Crippen LogP contribution in [0, 0.1) is 6.92 Å². The molecule has 0 amide bonds. The van der Waals surface area contributed by atoms with E-state index in [1.165, 1.54) is 35.6 Å². The molecule has 1 aromatic heterocycles. The molecule has 0 saturated carbocycles. The van der Waals surface area contributed by atoms with Crippen molar-refractivity contribution < 1.29 is 41.0 Å². The molecule has 0 aliphatic carbocycles. The Balaban J connectivity index is 0.000000205. The number of fused-ring (bicyclic) bond motifs is 1. The Kier molecular flexibility index (Phi) is 14.3. The molecule has 0 fully saturated rings. The van der Waals surface area contributed by atoms with Gasteiger partial charge in [0.2, 0.25) is 0 Å². The second kappa shape index (κ2) is 19.5. The number of carboxylic acid groups (broad SMARTS) is 2. The zero-order valence-electron chi connectivity index (χ0n) is 32.6. The van der Waals surface area contributed by atoms with Gasteiger partial charge in [0, 0.05) is 9.72 Å². The molecule has 1 heterocycles. The van der Waals surface area contributed by atoms with Gasteiger partial charge in [0.15, 0.2) is 0 Å². The number of para-hydroxylation sites is 2. The van der Waals surface area contributed by atoms with Gasteiger partial charge in [-0.05, 0) is 138 Å². The number of sulfonamides is 2. The minimum atomic E-state index is -3.80. The first kappa shape index (κ1) is 44.5. The molecule has 10 nitrogen and oxygen atoms in total. The van der Waals surface area contributed by atoms with Crippen LogP contribution in [0.4, 0.5) is 15.8 Å². The van der Waals surface area contributed by atoms with Gasteiger partial charge in [-0.25, -0.2) is 30.8 Å². The van der Waals surface area contributed by atoms with Crippen molar-refractivity contribution in [2.45, 2.75) is 48.4 Å². The molecule has 314 valence electrons. The molecule has 0 aliphatic rings. The molecule has 0 saturated heterocycles. The van der Waals surface area contributed by atoms with Gasteiger partial charge in [-0.2, -0.15) is 0 Å². The summed E-state index contributed by atoms with van der Waals surface area (Å²) in [6.07, 6.45) is 2.46. The SMILES string of the molecule is Cc1c(S(=O)(=O)Nc2ccccc2CCc2ccc(C(=O)O)cc2)sc2ccc(Cl)cc12.O=C(O)c1ccc(CCc2ccccc2NS(=O)(=O)c2ccc(CF)cc2)cc1. The van der Waals surface area contributed by atoms with Crippen LogP contribution in [0.15, 0.2) is 149 Å². The summed E-state index contributed by atoms with van der Waals surface area (Å²) in [5.41, 5.74) is 6.17. The Labute approximate surface area is 362 Å². The average Bonchev–Trinajstić information content (AvgIpc) is 3.59. The number of anilines is 2. The fourth-order valence-corrected chi connectivity index (χ4v) is 10.6. The lowest BCUT2D eigenvalue weighted by molar-refractivity contribution is 0.0686. The minimum absolute atomic E-state index is 0.0637. The first-order chi connectivity index (χ1) is 29.1. The van der Waals surface area contributed by atoms with Gasteiger partial charge >= 0.3 is 11.9 Å². The maximum absolute atomic E-state index is 13.2. The molecule has 0 atom stereocenters. The number of thiophene rings is 1. The number of aromatic carboxylic acids is 2. The van der Waals surface area contributed by atoms with Gasteiger partial charge in [0.1, 0.15) is 10.9 Å². The fraction of sp³-hybridized carbons (Fsp3) is 0.130. The smallest absolute Gasteiger partial charge is 0.335 e. The predicted octanol–water partition coefficient (Wildman–Crippen LogP) is 10.6. The monoisotopic (exact) mass is 898 g/mol. The van der Waals surface area contributed by atoms with E-state index in [-0.39, 0.29) is 20.2 Å². The number of carbonyl (C=O) groups is 2. The zero-order chi connectivity index (χ0) is 43.7. The van der Waals surface area contributed by atoms with E-state index in [4.69, 9.17) is 21.8 Å². The molecule has 7 aromatic rings. The van der Waals surface area contributed by atoms with Crippen molar-refractivity contribution in [3.8, 4) is 0 Å². The lowest BCUT2D eigenvalue weighted by Gasteiger charge is -2.13. The van der Waals surface area contributed by atoms with Crippen molar-refractivity contribution in [1.82, 2.24) is 0 Å². The quantitative estimate of drug-likeness (QED) is 0.0789. The minimum Gasteiger partial charge on any atom is -0.478 e. The van der Waals surface area contributed by atoms with Crippen LogP contribution < -0.4 is 9.44 Å². The van der Waals surface area contributed by atoms with Crippen molar-refractivity contribution in [3.63, 3.8) is 0 Å². The summed E-state index contributed by atoms with van der Waals surface area (Å²) in [5, 5.41) is 19.4. The third-order valence-corrected chi connectivity index (χ3v) is 14.7. The molecular formula is C46H40ClFN2O8S3. The highest BCUT2D eigenvalue weighted by molar-refractivity contribution is 7.95. The number of hydrogen-bond donors (Lipinski definition) is 4. The lowest BCUT2D eigenvalue weighted by Crippen LogP contribution is -2.14. The van der Waals surface area contributed by atoms with Gasteiger partial charge in [0.05, 0.1) is 27.4 Å². The summed E-state index contributed by atoms with van der Waals surface area (Å²) in [7, 11) is -7.58. The first-order valence-electron chi connectivity index (χ1n) is 18.8. The molecule has 6 aromatic carbocycles. The Morgan fingerprint density at radius 3 is 1.54 bits per heavy atom. The van der Waals surface area contributed by atoms with Crippen LogP contribution >= 0.6 is 22.9 Å². The van der Waals surface area contributed by atoms with Gasteiger partial charge in [-0.15, -0.1) is 11.3 Å². The second-order valence-corrected chi connectivity index (χ2v) is 19.0. The normalized spacial score (nSPS) is 11.4. The predicted molar refractivity (Wildman–Crippen MR) is 239 cm³/mol. The Morgan fingerprint density at radius 1 is 0.607 bits per heavy atom. The van der Waals surface area contributed by atoms with Crippen molar-refractivity contribution in [1.29, 1.82) is 0 Å². The van der Waals surface area contributed by atoms with Crippen molar-refractivity contribution >= 4 is 76.4 Å². The molecule has 15 heteroatoms. The summed E-state index contributed by atoms with van der Waals surface area (Å²) in [6, 6.07) is 38.7. The number of aryl methyl sites for hydroxylation is 5. The van der Waals surface area contributed by atoms with E-state index < -0.39 is 38.7 Å². The number of carboxylic acids is 2. The number of hydrogen-bond acceptors (Lipinski definition) is 7. The summed E-state index contributed by atoms with van der Waals surface area (Å²) < 4.78 is 70.9. The topological polar surface area (TPSA) is 167 Å². The number of alkyl halides is 1. The number of rotatable bonds is 15. The van der Waals surface area contributed by atoms with Crippen LogP contribution in [0.3, 0.4) is 0 Å². The van der Waals surface area contributed by atoms with Crippen LogP contribution in [0.2, 0.25) is 5.02 Å². The number of benzene rings is 6. The Bertz CT molecular complexity index is 2900. The summed E-state index contributed by atoms with van der Waals surface area (Å²) in [4.78, 5) is 22.0. The molecule has 4 N–H and O–H groups in total. The summed E-state index contributed by atoms with van der Waals surface area (Å²) in [6.45, 7) is 1.14. The fourth-order valence-electron chi connectivity index (χ4n) is 6.44. The number of halogens is 2. The summed E-state index contributed by atoms with van der Waals surface area (Å²) in [5.74, 6) is -1.94. The molecule has 0 unspecified atom stereocenters. The van der Waals surface area contributed by atoms with Gasteiger partial charge in [-0.3, -0.25) is 9.44 Å². The van der Waals surface area contributed by atoms with E-state index in [0.717, 1.165) is 32.3 Å². The highest BCUT2D eigenvalue weighted by atomic mass is 35.5. The van der Waals surface area contributed by atoms with Crippen LogP contribution in [0.1, 0.15) is 54.1 Å². The molecule has 61 heavy (non-hydrogen) atoms. The Hall–Kier alpha value is -6.06. The Morgan fingerprint density at radius 2 is 1.07 bits per heavy atom. The summed E-state index contributed by atoms with van der Waals surface area (Å²) >= 11 is 7.31. The standard InChI is InChI=1S/C24H20ClNO4S2.C22H20FNO4S/c1-15-20-14-19(25)12-13-22(20)31-24(15)32(29,30)26-21-5-3-2-4-17(21)9-6-16-7-10-18(11-8-16)23(27)28;23-15-17-8-13-20(14-9-17)29(27,28)24-21-4-2-1-3-18(21)10-5-16-6-11-19(12-7-16)22(25)26/h2-5,7-8,10-14,26H,6,9H2,1H3,(H,27,28);1-4,6-9,11-14,24H,5,10,15H2,(H,25,26). The third kappa shape index (κ3) is 11.4. The van der Waals surface area contributed by atoms with Crippen molar-refractivity contribution in [3.05, 3.63) is 189 Å².